The molecule has 3 N–H and O–H groups in total. The van der Waals surface area contributed by atoms with Gasteiger partial charge in [-0.1, -0.05) is 49.6 Å². The number of piperidine rings is 1. The van der Waals surface area contributed by atoms with E-state index < -0.39 is 0 Å². The van der Waals surface area contributed by atoms with Crippen LogP contribution in [0.4, 0.5) is 5.69 Å². The van der Waals surface area contributed by atoms with E-state index in [1.807, 2.05) is 54.9 Å². The van der Waals surface area contributed by atoms with Crippen molar-refractivity contribution in [1.29, 1.82) is 0 Å². The van der Waals surface area contributed by atoms with Crippen LogP contribution in [0.1, 0.15) is 36.2 Å². The molecule has 0 unspecified atom stereocenters. The number of aryl methyl sites for hydroxylation is 1. The Morgan fingerprint density at radius 3 is 2.62 bits per heavy atom. The van der Waals surface area contributed by atoms with E-state index in [9.17, 15) is 0 Å². The minimum absolute atomic E-state index is 0.631. The van der Waals surface area contributed by atoms with Crippen LogP contribution in [-0.2, 0) is 0 Å². The Hall–Kier alpha value is -4.98. The summed E-state index contributed by atoms with van der Waals surface area (Å²) in [4.78, 5) is 20.0. The summed E-state index contributed by atoms with van der Waals surface area (Å²) >= 11 is 0. The lowest BCUT2D eigenvalue weighted by Crippen LogP contribution is -2.28. The molecule has 8 nitrogen and oxygen atoms in total. The monoisotopic (exact) mass is 528 g/mol. The van der Waals surface area contributed by atoms with Crippen molar-refractivity contribution in [1.82, 2.24) is 35.0 Å². The molecular formula is C32H32N8. The summed E-state index contributed by atoms with van der Waals surface area (Å²) in [6.45, 7) is 12.2. The van der Waals surface area contributed by atoms with Crippen LogP contribution in [0.2, 0.25) is 0 Å². The number of benzene rings is 1. The minimum atomic E-state index is 0.631. The van der Waals surface area contributed by atoms with Gasteiger partial charge in [-0.2, -0.15) is 5.10 Å². The number of allylic oxidation sites excluding steroid dienone is 2. The molecule has 1 aliphatic rings. The topological polar surface area (TPSA) is 98.4 Å². The molecular weight excluding hydrogens is 496 g/mol. The highest BCUT2D eigenvalue weighted by molar-refractivity contribution is 5.92. The van der Waals surface area contributed by atoms with Crippen molar-refractivity contribution in [2.45, 2.75) is 26.2 Å². The van der Waals surface area contributed by atoms with E-state index in [1.165, 1.54) is 19.3 Å². The number of nitrogens with zero attached hydrogens (tertiary/aromatic N) is 5. The molecule has 5 heterocycles. The van der Waals surface area contributed by atoms with Gasteiger partial charge in [0.25, 0.3) is 0 Å². The Bertz CT molecular complexity index is 1700. The third-order valence-corrected chi connectivity index (χ3v) is 7.24. The number of imidazole rings is 1. The van der Waals surface area contributed by atoms with Crippen LogP contribution in [0.3, 0.4) is 0 Å². The predicted molar refractivity (Wildman–Crippen MR) is 162 cm³/mol. The number of hydrogen-bond acceptors (Lipinski definition) is 6. The Kier molecular flexibility index (Phi) is 6.97. The largest absolute Gasteiger partial charge is 0.370 e. The van der Waals surface area contributed by atoms with E-state index >= 15 is 0 Å². The van der Waals surface area contributed by atoms with Gasteiger partial charge in [-0.25, -0.2) is 9.97 Å². The zero-order valence-corrected chi connectivity index (χ0v) is 22.6. The summed E-state index contributed by atoms with van der Waals surface area (Å²) < 4.78 is 0. The molecule has 8 heteroatoms. The van der Waals surface area contributed by atoms with Gasteiger partial charge in [0.05, 0.1) is 23.0 Å². The number of anilines is 1. The van der Waals surface area contributed by atoms with Crippen molar-refractivity contribution in [2.75, 3.05) is 18.4 Å². The third-order valence-electron chi connectivity index (χ3n) is 7.24. The Morgan fingerprint density at radius 1 is 1.02 bits per heavy atom. The molecule has 6 rings (SSSR count). The summed E-state index contributed by atoms with van der Waals surface area (Å²) in [5.41, 5.74) is 9.02. The van der Waals surface area contributed by atoms with E-state index in [0.717, 1.165) is 75.2 Å². The van der Waals surface area contributed by atoms with Crippen LogP contribution in [0, 0.1) is 6.92 Å². The Morgan fingerprint density at radius 2 is 1.82 bits per heavy atom. The fourth-order valence-corrected chi connectivity index (χ4v) is 5.20. The van der Waals surface area contributed by atoms with Crippen LogP contribution >= 0.6 is 0 Å². The maximum absolute atomic E-state index is 5.03. The molecule has 4 aromatic heterocycles. The molecule has 0 radical (unpaired) electrons. The van der Waals surface area contributed by atoms with Gasteiger partial charge in [-0.05, 0) is 50.0 Å². The van der Waals surface area contributed by atoms with E-state index in [1.54, 1.807) is 6.20 Å². The second kappa shape index (κ2) is 11.0. The number of hydrogen-bond donors (Lipinski definition) is 3. The molecule has 1 aliphatic heterocycles. The first-order valence-electron chi connectivity index (χ1n) is 13.6. The average molecular weight is 529 g/mol. The van der Waals surface area contributed by atoms with Crippen molar-refractivity contribution >= 4 is 28.1 Å². The third kappa shape index (κ3) is 5.03. The van der Waals surface area contributed by atoms with Gasteiger partial charge in [0.2, 0.25) is 0 Å². The molecule has 40 heavy (non-hydrogen) atoms. The lowest BCUT2D eigenvalue weighted by atomic mass is 10.1. The molecule has 0 aliphatic carbocycles. The highest BCUT2D eigenvalue weighted by Gasteiger charge is 2.21. The summed E-state index contributed by atoms with van der Waals surface area (Å²) in [5.74, 6) is 0.730. The normalized spacial score (nSPS) is 13.9. The first-order chi connectivity index (χ1) is 19.6. The fourth-order valence-electron chi connectivity index (χ4n) is 5.20. The molecule has 0 saturated carbocycles. The molecule has 1 saturated heterocycles. The van der Waals surface area contributed by atoms with E-state index in [0.29, 0.717) is 5.65 Å². The highest BCUT2D eigenvalue weighted by Crippen LogP contribution is 2.32. The Labute approximate surface area is 233 Å². The van der Waals surface area contributed by atoms with Gasteiger partial charge in [0.15, 0.2) is 11.5 Å². The van der Waals surface area contributed by atoms with Crippen molar-refractivity contribution < 1.29 is 0 Å². The predicted octanol–water partition coefficient (Wildman–Crippen LogP) is 6.81. The molecule has 1 aromatic carbocycles. The van der Waals surface area contributed by atoms with Gasteiger partial charge in [0.1, 0.15) is 11.4 Å². The van der Waals surface area contributed by atoms with Crippen LogP contribution < -0.4 is 5.32 Å². The number of H-pyrrole nitrogens is 2. The molecule has 0 amide bonds. The number of nitrogens with one attached hydrogen (secondary N) is 3. The zero-order valence-electron chi connectivity index (χ0n) is 22.6. The second-order valence-corrected chi connectivity index (χ2v) is 10.0. The van der Waals surface area contributed by atoms with Crippen molar-refractivity contribution in [3.8, 4) is 22.6 Å². The van der Waals surface area contributed by atoms with Crippen LogP contribution in [0.25, 0.3) is 45.1 Å². The molecule has 5 aromatic rings. The van der Waals surface area contributed by atoms with E-state index in [-0.39, 0.29) is 0 Å². The van der Waals surface area contributed by atoms with Gasteiger partial charge in [-0.15, -0.1) is 0 Å². The Balaban J connectivity index is 1.32. The lowest BCUT2D eigenvalue weighted by Gasteiger charge is -2.30. The maximum atomic E-state index is 5.03. The lowest BCUT2D eigenvalue weighted by molar-refractivity contribution is 0.325. The summed E-state index contributed by atoms with van der Waals surface area (Å²) in [6.07, 6.45) is 13.0. The van der Waals surface area contributed by atoms with Crippen molar-refractivity contribution in [2.24, 2.45) is 0 Å². The number of aromatic amines is 2. The van der Waals surface area contributed by atoms with Gasteiger partial charge < -0.3 is 15.2 Å². The van der Waals surface area contributed by atoms with Crippen LogP contribution in [0.15, 0.2) is 86.4 Å². The number of rotatable bonds is 8. The molecule has 1 fully saturated rings. The summed E-state index contributed by atoms with van der Waals surface area (Å²) in [7, 11) is 0. The van der Waals surface area contributed by atoms with Crippen LogP contribution in [-0.4, -0.2) is 48.1 Å². The van der Waals surface area contributed by atoms with Gasteiger partial charge in [0, 0.05) is 48.0 Å². The first-order valence-corrected chi connectivity index (χ1v) is 13.6. The first kappa shape index (κ1) is 25.3. The standard InChI is InChI=1S/C32H32N8/c1-4-11-28(40-14-9-6-10-15-40)29-22(3)36-32(37-29)30-27-17-25(19-34-31(27)39-38-30)24-16-26(20-33-18-24)35-21(2)23-12-7-5-8-13-23/h4-5,7-8,11-13,16-20,35H,1-2,6,9-10,14-15H2,3H3,(H,36,37)(H,34,38,39)/b28-11+. The number of likely N-dealkylation sites (tertiary alicyclic amines) is 1. The van der Waals surface area contributed by atoms with Crippen molar-refractivity contribution in [3.05, 3.63) is 103 Å². The quantitative estimate of drug-likeness (QED) is 0.191. The van der Waals surface area contributed by atoms with Crippen molar-refractivity contribution in [3.63, 3.8) is 0 Å². The molecule has 0 spiro atoms. The van der Waals surface area contributed by atoms with E-state index in [4.69, 9.17) is 4.98 Å². The maximum Gasteiger partial charge on any atom is 0.181 e. The molecule has 0 atom stereocenters. The van der Waals surface area contributed by atoms with Gasteiger partial charge in [-0.3, -0.25) is 10.1 Å². The van der Waals surface area contributed by atoms with Crippen LogP contribution in [0.5, 0.6) is 0 Å². The fraction of sp³-hybridized carbons (Fsp3) is 0.188. The molecule has 0 bridgehead atoms. The second-order valence-electron chi connectivity index (χ2n) is 10.0. The zero-order chi connectivity index (χ0) is 27.5. The van der Waals surface area contributed by atoms with Gasteiger partial charge >= 0.3 is 0 Å². The average Bonchev–Trinajstić information content (AvgIpc) is 3.59. The van der Waals surface area contributed by atoms with E-state index in [2.05, 4.69) is 67.6 Å². The summed E-state index contributed by atoms with van der Waals surface area (Å²) in [6, 6.07) is 14.1. The summed E-state index contributed by atoms with van der Waals surface area (Å²) in [5, 5.41) is 11.9. The highest BCUT2D eigenvalue weighted by atomic mass is 15.2. The smallest absolute Gasteiger partial charge is 0.181 e. The minimum Gasteiger partial charge on any atom is -0.370 e. The number of aromatic nitrogens is 6. The molecule has 200 valence electrons. The number of fused-ring (bicyclic) bond motifs is 1. The SMILES string of the molecule is C=C/C=C(\c1nc(-c2[nH]nc3ncc(-c4cncc(NC(=C)c5ccccc5)c4)cc23)[nH]c1C)N1CCCCC1. The number of pyridine rings is 2.